The van der Waals surface area contributed by atoms with Gasteiger partial charge in [0.2, 0.25) is 0 Å². The summed E-state index contributed by atoms with van der Waals surface area (Å²) in [6.07, 6.45) is 0. The van der Waals surface area contributed by atoms with Gasteiger partial charge in [-0.25, -0.2) is 0 Å². The average molecular weight is 475 g/mol. The Morgan fingerprint density at radius 2 is 0.967 bits per heavy atom. The average Bonchev–Trinajstić information content (AvgIpc) is 3.25. The summed E-state index contributed by atoms with van der Waals surface area (Å²) < 4.78 is 0. The van der Waals surface area contributed by atoms with Gasteiger partial charge in [-0.05, 0) is 0 Å². The Hall–Kier alpha value is -1.18. The fourth-order valence-electron chi connectivity index (χ4n) is 3.61. The van der Waals surface area contributed by atoms with E-state index < -0.39 is 15.3 Å². The van der Waals surface area contributed by atoms with Crippen LogP contribution < -0.4 is 0 Å². The van der Waals surface area contributed by atoms with Crippen molar-refractivity contribution >= 4 is 45.0 Å². The van der Waals surface area contributed by atoms with Crippen LogP contribution in [0, 0.1) is 0 Å². The molecule has 160 valence electrons. The Kier molecular flexibility index (Phi) is 8.72. The van der Waals surface area contributed by atoms with Crippen molar-refractivity contribution in [3.63, 3.8) is 0 Å². The van der Waals surface area contributed by atoms with Gasteiger partial charge in [-0.1, -0.05) is 64.5 Å². The third kappa shape index (κ3) is 6.93. The van der Waals surface area contributed by atoms with Crippen molar-refractivity contribution in [3.8, 4) is 0 Å². The number of hydrogen-bond acceptors (Lipinski definition) is 0. The zero-order valence-corrected chi connectivity index (χ0v) is 22.0. The summed E-state index contributed by atoms with van der Waals surface area (Å²) in [5.41, 5.74) is 3.40. The molecule has 0 aromatic heterocycles. The van der Waals surface area contributed by atoms with E-state index in [0.29, 0.717) is 0 Å². The normalized spacial score (nSPS) is 11.5. The van der Waals surface area contributed by atoms with Gasteiger partial charge in [0, 0.05) is 0 Å². The molecule has 4 rings (SSSR count). The SMILES string of the molecule is CC(C)(C)c1c[cH-]c2ccccc12.CC(C)(C)c1c[cH-]c2ccccc12.[CH2]=[Ti]([Cl])[Cl]. The first kappa shape index (κ1) is 25.1. The predicted octanol–water partition coefficient (Wildman–Crippen LogP) is 9.06. The van der Waals surface area contributed by atoms with Gasteiger partial charge < -0.3 is 0 Å². The van der Waals surface area contributed by atoms with E-state index in [1.165, 1.54) is 32.7 Å². The molecule has 0 bridgehead atoms. The summed E-state index contributed by atoms with van der Waals surface area (Å²) in [5.74, 6) is 0. The minimum absolute atomic E-state index is 0.253. The van der Waals surface area contributed by atoms with Gasteiger partial charge in [-0.2, -0.15) is 0 Å². The van der Waals surface area contributed by atoms with Crippen LogP contribution in [0.1, 0.15) is 52.7 Å². The van der Waals surface area contributed by atoms with Crippen molar-refractivity contribution in [1.82, 2.24) is 0 Å². The number of hydrogen-bond donors (Lipinski definition) is 0. The minimum atomic E-state index is -1.64. The van der Waals surface area contributed by atoms with Crippen molar-refractivity contribution < 1.29 is 15.3 Å². The van der Waals surface area contributed by atoms with E-state index in [1.807, 2.05) is 0 Å². The zero-order valence-electron chi connectivity index (χ0n) is 18.9. The molecular weight excluding hydrogens is 443 g/mol. The molecule has 0 unspecified atom stereocenters. The van der Waals surface area contributed by atoms with Gasteiger partial charge in [0.05, 0.1) is 0 Å². The molecule has 0 atom stereocenters. The molecule has 3 heteroatoms. The molecule has 0 amide bonds. The second-order valence-corrected chi connectivity index (χ2v) is 15.1. The monoisotopic (exact) mass is 474 g/mol. The van der Waals surface area contributed by atoms with E-state index >= 15 is 0 Å². The number of rotatable bonds is 0. The Bertz CT molecular complexity index is 1010. The summed E-state index contributed by atoms with van der Waals surface area (Å²) in [6.45, 7) is 13.6. The zero-order chi connectivity index (χ0) is 22.5. The van der Waals surface area contributed by atoms with E-state index in [0.717, 1.165) is 0 Å². The summed E-state index contributed by atoms with van der Waals surface area (Å²) in [6, 6.07) is 26.0. The molecule has 30 heavy (non-hydrogen) atoms. The molecule has 0 spiro atoms. The number of benzene rings is 2. The molecule has 0 radical (unpaired) electrons. The molecule has 0 aliphatic heterocycles. The van der Waals surface area contributed by atoms with Crippen LogP contribution in [0.2, 0.25) is 0 Å². The van der Waals surface area contributed by atoms with Gasteiger partial charge in [-0.15, -0.1) is 93.3 Å². The molecular formula is C27H32Cl2Ti-2. The van der Waals surface area contributed by atoms with E-state index in [9.17, 15) is 0 Å². The standard InChI is InChI=1S/2C13H15.CH2.2ClH.Ti/c2*1-13(2,3)12-9-8-10-6-4-5-7-11(10)12;;;;/h2*4-9H,1-3H3;1H2;2*1H;/q2*-1;;;;+2/p-2. The Morgan fingerprint density at radius 3 is 1.27 bits per heavy atom. The molecule has 4 aromatic rings. The summed E-state index contributed by atoms with van der Waals surface area (Å²) in [4.78, 5) is 3.34. The molecule has 0 saturated heterocycles. The first-order chi connectivity index (χ1) is 13.9. The molecule has 4 aromatic carbocycles. The van der Waals surface area contributed by atoms with Crippen LogP contribution in [0.15, 0.2) is 72.8 Å². The van der Waals surface area contributed by atoms with Crippen LogP contribution in [0.25, 0.3) is 21.5 Å². The van der Waals surface area contributed by atoms with Crippen molar-refractivity contribution in [2.75, 3.05) is 0 Å². The van der Waals surface area contributed by atoms with Crippen molar-refractivity contribution in [2.24, 2.45) is 0 Å². The van der Waals surface area contributed by atoms with Crippen LogP contribution in [0.4, 0.5) is 0 Å². The van der Waals surface area contributed by atoms with Crippen molar-refractivity contribution in [1.29, 1.82) is 0 Å². The van der Waals surface area contributed by atoms with Crippen LogP contribution in [0.3, 0.4) is 0 Å². The molecule has 0 N–H and O–H groups in total. The maximum atomic E-state index is 5.10. The number of halogens is 2. The quantitative estimate of drug-likeness (QED) is 0.176. The molecule has 0 aliphatic carbocycles. The van der Waals surface area contributed by atoms with E-state index in [1.54, 1.807) is 0 Å². The summed E-state index contributed by atoms with van der Waals surface area (Å²) >= 11 is -1.64. The van der Waals surface area contributed by atoms with Gasteiger partial charge in [0.15, 0.2) is 0 Å². The summed E-state index contributed by atoms with van der Waals surface area (Å²) in [5, 5.41) is 5.50. The van der Waals surface area contributed by atoms with Gasteiger partial charge in [-0.3, -0.25) is 0 Å². The fourth-order valence-corrected chi connectivity index (χ4v) is 3.61. The molecule has 0 aliphatic rings. The maximum absolute atomic E-state index is 5.10. The van der Waals surface area contributed by atoms with Crippen LogP contribution in [-0.4, -0.2) is 4.82 Å². The van der Waals surface area contributed by atoms with Crippen molar-refractivity contribution in [2.45, 2.75) is 52.4 Å². The fraction of sp³-hybridized carbons (Fsp3) is 0.296. The van der Waals surface area contributed by atoms with Crippen LogP contribution >= 0.6 is 18.6 Å². The summed E-state index contributed by atoms with van der Waals surface area (Å²) in [7, 11) is 10.2. The van der Waals surface area contributed by atoms with E-state index in [2.05, 4.69) is 119 Å². The molecule has 0 saturated carbocycles. The Labute approximate surface area is 195 Å². The Balaban J connectivity index is 0.000000182. The third-order valence-electron chi connectivity index (χ3n) is 4.98. The predicted molar refractivity (Wildman–Crippen MR) is 135 cm³/mol. The van der Waals surface area contributed by atoms with E-state index in [-0.39, 0.29) is 10.8 Å². The number of fused-ring (bicyclic) bond motifs is 2. The van der Waals surface area contributed by atoms with Gasteiger partial charge >= 0.3 is 38.7 Å². The topological polar surface area (TPSA) is 0 Å². The third-order valence-corrected chi connectivity index (χ3v) is 4.98. The van der Waals surface area contributed by atoms with Crippen LogP contribution in [0.5, 0.6) is 0 Å². The second-order valence-electron chi connectivity index (χ2n) is 9.51. The van der Waals surface area contributed by atoms with Gasteiger partial charge in [0.1, 0.15) is 0 Å². The van der Waals surface area contributed by atoms with Crippen LogP contribution in [-0.2, 0) is 26.1 Å². The Morgan fingerprint density at radius 1 is 0.667 bits per heavy atom. The first-order valence-electron chi connectivity index (χ1n) is 10.2. The van der Waals surface area contributed by atoms with Crippen molar-refractivity contribution in [3.05, 3.63) is 83.9 Å². The van der Waals surface area contributed by atoms with Gasteiger partial charge in [0.25, 0.3) is 0 Å². The first-order valence-corrected chi connectivity index (χ1v) is 15.6. The molecule has 0 fully saturated rings. The molecule has 0 nitrogen and oxygen atoms in total. The molecule has 0 heterocycles. The second kappa shape index (κ2) is 10.4. The van der Waals surface area contributed by atoms with E-state index in [4.69, 9.17) is 18.6 Å².